The maximum atomic E-state index is 5.68. The molecule has 2 aromatic rings. The van der Waals surface area contributed by atoms with Crippen molar-refractivity contribution in [3.05, 3.63) is 42.0 Å². The lowest BCUT2D eigenvalue weighted by Gasteiger charge is -2.07. The number of hydrogen-bond donors (Lipinski definition) is 2. The van der Waals surface area contributed by atoms with Gasteiger partial charge in [-0.2, -0.15) is 5.10 Å². The zero-order valence-corrected chi connectivity index (χ0v) is 11.9. The van der Waals surface area contributed by atoms with Crippen LogP contribution in [0.4, 0.5) is 0 Å². The number of H-pyrrole nitrogens is 1. The molecule has 0 radical (unpaired) electrons. The first-order valence-corrected chi connectivity index (χ1v) is 7.15. The SMILES string of the molecule is CCCCCOc1ccc(CNCc2ncn[nH]2)cc1. The molecule has 0 aliphatic heterocycles. The Labute approximate surface area is 119 Å². The fourth-order valence-electron chi connectivity index (χ4n) is 1.89. The zero-order valence-electron chi connectivity index (χ0n) is 11.9. The van der Waals surface area contributed by atoms with Crippen molar-refractivity contribution < 1.29 is 4.74 Å². The molecule has 1 aromatic heterocycles. The largest absolute Gasteiger partial charge is 0.494 e. The second kappa shape index (κ2) is 8.32. The Morgan fingerprint density at radius 1 is 1.15 bits per heavy atom. The molecule has 0 spiro atoms. The molecule has 0 aliphatic carbocycles. The number of unbranched alkanes of at least 4 members (excludes halogenated alkanes) is 2. The molecule has 108 valence electrons. The summed E-state index contributed by atoms with van der Waals surface area (Å²) in [5, 5.41) is 9.94. The van der Waals surface area contributed by atoms with E-state index in [0.29, 0.717) is 6.54 Å². The number of aromatic nitrogens is 3. The molecule has 0 fully saturated rings. The quantitative estimate of drug-likeness (QED) is 0.690. The van der Waals surface area contributed by atoms with Crippen molar-refractivity contribution in [1.29, 1.82) is 0 Å². The summed E-state index contributed by atoms with van der Waals surface area (Å²) in [4.78, 5) is 4.06. The van der Waals surface area contributed by atoms with Crippen molar-refractivity contribution in [2.75, 3.05) is 6.61 Å². The highest BCUT2D eigenvalue weighted by Crippen LogP contribution is 2.12. The molecule has 0 aliphatic rings. The van der Waals surface area contributed by atoms with Gasteiger partial charge in [-0.05, 0) is 24.1 Å². The van der Waals surface area contributed by atoms with Gasteiger partial charge >= 0.3 is 0 Å². The summed E-state index contributed by atoms with van der Waals surface area (Å²) < 4.78 is 5.68. The van der Waals surface area contributed by atoms with E-state index in [1.165, 1.54) is 24.7 Å². The van der Waals surface area contributed by atoms with Gasteiger partial charge in [0, 0.05) is 6.54 Å². The first-order chi connectivity index (χ1) is 9.88. The Morgan fingerprint density at radius 3 is 2.70 bits per heavy atom. The molecule has 20 heavy (non-hydrogen) atoms. The molecule has 2 rings (SSSR count). The fraction of sp³-hybridized carbons (Fsp3) is 0.467. The van der Waals surface area contributed by atoms with Gasteiger partial charge in [0.25, 0.3) is 0 Å². The third-order valence-corrected chi connectivity index (χ3v) is 3.03. The number of nitrogens with one attached hydrogen (secondary N) is 2. The minimum absolute atomic E-state index is 0.690. The third-order valence-electron chi connectivity index (χ3n) is 3.03. The summed E-state index contributed by atoms with van der Waals surface area (Å²) in [5.41, 5.74) is 1.23. The van der Waals surface area contributed by atoms with E-state index >= 15 is 0 Å². The molecule has 5 heteroatoms. The second-order valence-corrected chi connectivity index (χ2v) is 4.74. The number of rotatable bonds is 9. The van der Waals surface area contributed by atoms with Crippen molar-refractivity contribution in [2.45, 2.75) is 39.3 Å². The van der Waals surface area contributed by atoms with E-state index in [9.17, 15) is 0 Å². The molecular weight excluding hydrogens is 252 g/mol. The van der Waals surface area contributed by atoms with Crippen molar-refractivity contribution >= 4 is 0 Å². The predicted octanol–water partition coefficient (Wildman–Crippen LogP) is 2.66. The monoisotopic (exact) mass is 274 g/mol. The molecule has 0 saturated carbocycles. The molecular formula is C15H22N4O. The van der Waals surface area contributed by atoms with Gasteiger partial charge in [0.15, 0.2) is 0 Å². The van der Waals surface area contributed by atoms with Gasteiger partial charge in [-0.25, -0.2) is 4.98 Å². The summed E-state index contributed by atoms with van der Waals surface area (Å²) in [6.45, 7) is 4.49. The number of nitrogens with zero attached hydrogens (tertiary/aromatic N) is 2. The van der Waals surface area contributed by atoms with Crippen LogP contribution in [0.25, 0.3) is 0 Å². The van der Waals surface area contributed by atoms with Crippen LogP contribution in [0.3, 0.4) is 0 Å². The second-order valence-electron chi connectivity index (χ2n) is 4.74. The van der Waals surface area contributed by atoms with Gasteiger partial charge in [-0.15, -0.1) is 0 Å². The highest BCUT2D eigenvalue weighted by molar-refractivity contribution is 5.27. The van der Waals surface area contributed by atoms with Crippen LogP contribution in [-0.4, -0.2) is 21.8 Å². The fourth-order valence-corrected chi connectivity index (χ4v) is 1.89. The molecule has 0 saturated heterocycles. The summed E-state index contributed by atoms with van der Waals surface area (Å²) in [6, 6.07) is 8.22. The Hall–Kier alpha value is -1.88. The Kier molecular flexibility index (Phi) is 6.05. The lowest BCUT2D eigenvalue weighted by molar-refractivity contribution is 0.306. The Bertz CT molecular complexity index is 467. The van der Waals surface area contributed by atoms with Crippen molar-refractivity contribution in [3.8, 4) is 5.75 Å². The minimum atomic E-state index is 0.690. The van der Waals surface area contributed by atoms with Crippen LogP contribution < -0.4 is 10.1 Å². The number of ether oxygens (including phenoxy) is 1. The lowest BCUT2D eigenvalue weighted by Crippen LogP contribution is -2.13. The van der Waals surface area contributed by atoms with Crippen LogP contribution in [0.1, 0.15) is 37.6 Å². The van der Waals surface area contributed by atoms with Gasteiger partial charge in [0.1, 0.15) is 17.9 Å². The maximum Gasteiger partial charge on any atom is 0.138 e. The normalized spacial score (nSPS) is 10.7. The van der Waals surface area contributed by atoms with E-state index in [2.05, 4.69) is 39.6 Å². The molecule has 2 N–H and O–H groups in total. The Balaban J connectivity index is 1.68. The summed E-state index contributed by atoms with van der Waals surface area (Å²) in [7, 11) is 0. The van der Waals surface area contributed by atoms with Crippen LogP contribution in [0.2, 0.25) is 0 Å². The highest BCUT2D eigenvalue weighted by Gasteiger charge is 1.98. The van der Waals surface area contributed by atoms with Crippen LogP contribution in [-0.2, 0) is 13.1 Å². The Morgan fingerprint density at radius 2 is 2.00 bits per heavy atom. The predicted molar refractivity (Wildman–Crippen MR) is 78.4 cm³/mol. The van der Waals surface area contributed by atoms with E-state index in [4.69, 9.17) is 4.74 Å². The standard InChI is InChI=1S/C15H22N4O/c1-2-3-4-9-20-14-7-5-13(6-8-14)10-16-11-15-17-12-18-19-15/h5-8,12,16H,2-4,9-11H2,1H3,(H,17,18,19). The maximum absolute atomic E-state index is 5.68. The van der Waals surface area contributed by atoms with E-state index in [0.717, 1.165) is 31.1 Å². The van der Waals surface area contributed by atoms with Crippen LogP contribution in [0.5, 0.6) is 5.75 Å². The molecule has 5 nitrogen and oxygen atoms in total. The molecule has 1 aromatic carbocycles. The van der Waals surface area contributed by atoms with Crippen LogP contribution in [0.15, 0.2) is 30.6 Å². The summed E-state index contributed by atoms with van der Waals surface area (Å²) >= 11 is 0. The lowest BCUT2D eigenvalue weighted by atomic mass is 10.2. The van der Waals surface area contributed by atoms with Gasteiger partial charge < -0.3 is 10.1 Å². The number of benzene rings is 1. The molecule has 0 amide bonds. The van der Waals surface area contributed by atoms with E-state index in [1.54, 1.807) is 0 Å². The van der Waals surface area contributed by atoms with Crippen molar-refractivity contribution in [3.63, 3.8) is 0 Å². The van der Waals surface area contributed by atoms with Gasteiger partial charge in [0.2, 0.25) is 0 Å². The molecule has 1 heterocycles. The van der Waals surface area contributed by atoms with Gasteiger partial charge in [0.05, 0.1) is 13.2 Å². The minimum Gasteiger partial charge on any atom is -0.494 e. The molecule has 0 atom stereocenters. The highest BCUT2D eigenvalue weighted by atomic mass is 16.5. The van der Waals surface area contributed by atoms with E-state index in [-0.39, 0.29) is 0 Å². The smallest absolute Gasteiger partial charge is 0.138 e. The third kappa shape index (κ3) is 5.01. The molecule has 0 bridgehead atoms. The van der Waals surface area contributed by atoms with Gasteiger partial charge in [-0.1, -0.05) is 31.9 Å². The first-order valence-electron chi connectivity index (χ1n) is 7.15. The van der Waals surface area contributed by atoms with Crippen molar-refractivity contribution in [1.82, 2.24) is 20.5 Å². The van der Waals surface area contributed by atoms with Crippen molar-refractivity contribution in [2.24, 2.45) is 0 Å². The first kappa shape index (κ1) is 14.5. The zero-order chi connectivity index (χ0) is 14.0. The van der Waals surface area contributed by atoms with Crippen LogP contribution >= 0.6 is 0 Å². The average Bonchev–Trinajstić information content (AvgIpc) is 2.98. The topological polar surface area (TPSA) is 62.8 Å². The summed E-state index contributed by atoms with van der Waals surface area (Å²) in [6.07, 6.45) is 5.08. The van der Waals surface area contributed by atoms with E-state index < -0.39 is 0 Å². The molecule has 0 unspecified atom stereocenters. The van der Waals surface area contributed by atoms with Gasteiger partial charge in [-0.3, -0.25) is 5.10 Å². The van der Waals surface area contributed by atoms with E-state index in [1.807, 2.05) is 12.1 Å². The number of aromatic amines is 1. The van der Waals surface area contributed by atoms with Crippen LogP contribution in [0, 0.1) is 0 Å². The summed E-state index contributed by atoms with van der Waals surface area (Å²) in [5.74, 6) is 1.79. The number of hydrogen-bond acceptors (Lipinski definition) is 4. The average molecular weight is 274 g/mol.